The van der Waals surface area contributed by atoms with Gasteiger partial charge in [-0.05, 0) is 126 Å². The maximum absolute atomic E-state index is 14.4. The summed E-state index contributed by atoms with van der Waals surface area (Å²) in [5, 5.41) is 57.1. The number of carbonyl (C=O) groups is 4. The van der Waals surface area contributed by atoms with Crippen LogP contribution in [0.25, 0.3) is 0 Å². The second-order valence-electron chi connectivity index (χ2n) is 32.1. The Hall–Kier alpha value is -10.1. The van der Waals surface area contributed by atoms with Crippen LogP contribution in [0.3, 0.4) is 0 Å². The number of benzene rings is 8. The zero-order valence-corrected chi connectivity index (χ0v) is 67.4. The Kier molecular flexibility index (Phi) is 23.8. The average Bonchev–Trinajstić information content (AvgIpc) is 0.716. The molecule has 8 aromatic rings. The summed E-state index contributed by atoms with van der Waals surface area (Å²) in [4.78, 5) is 65.3. The Morgan fingerprint density at radius 2 is 0.500 bits per heavy atom. The molecule has 8 atom stereocenters. The molecule has 13 rings (SSSR count). The van der Waals surface area contributed by atoms with Crippen LogP contribution in [0.5, 0.6) is 46.0 Å². The van der Waals surface area contributed by atoms with Gasteiger partial charge in [0, 0.05) is 94.4 Å². The largest absolute Gasteiger partial charge is 0.507 e. The quantitative estimate of drug-likeness (QED) is 0.0410. The second-order valence-corrected chi connectivity index (χ2v) is 32.1. The van der Waals surface area contributed by atoms with Crippen LogP contribution in [0.15, 0.2) is 121 Å². The molecule has 8 bridgehead atoms. The maximum Gasteiger partial charge on any atom is 0.323 e. The predicted octanol–water partition coefficient (Wildman–Crippen LogP) is 15.7. The fourth-order valence-electron chi connectivity index (χ4n) is 17.8. The SMILES string of the molecule is CCOC(=O)C(C(C)C)N1COc2c3cc(c(O)c2C1)C(c1ccc(C)cc1)c1cc(c(O)c2c1OCN(C(C(=O)OCC)C(C)C)C2)C(c1ccc(C)cc1)c1cc(c(O)c2c1OCN(C(C(=O)OCC)C(C)C)C2)C(c1ccc(C)cc1)c1cc(c(O)c2c1OCN(C(C(=O)OCC)C(C)C)C2)C3c1ccc(C)cc1. The molecule has 4 N–H and O–H groups in total. The van der Waals surface area contributed by atoms with E-state index in [2.05, 4.69) is 0 Å². The molecular formula is C92H108N4O16. The molecule has 0 spiro atoms. The first-order chi connectivity index (χ1) is 53.7. The lowest BCUT2D eigenvalue weighted by Gasteiger charge is -2.41. The van der Waals surface area contributed by atoms with Crippen molar-refractivity contribution in [3.05, 3.63) is 233 Å². The highest BCUT2D eigenvalue weighted by Gasteiger charge is 2.47. The van der Waals surface area contributed by atoms with Crippen molar-refractivity contribution >= 4 is 23.9 Å². The number of carbonyl (C=O) groups excluding carboxylic acids is 4. The van der Waals surface area contributed by atoms with E-state index in [9.17, 15) is 39.6 Å². The van der Waals surface area contributed by atoms with E-state index in [0.29, 0.717) is 112 Å². The van der Waals surface area contributed by atoms with Gasteiger partial charge in [0.25, 0.3) is 0 Å². The van der Waals surface area contributed by atoms with Crippen LogP contribution in [0.1, 0.15) is 218 Å². The minimum atomic E-state index is -1.01. The van der Waals surface area contributed by atoms with Crippen LogP contribution in [-0.2, 0) is 64.3 Å². The monoisotopic (exact) mass is 1520 g/mol. The fourth-order valence-corrected chi connectivity index (χ4v) is 17.8. The van der Waals surface area contributed by atoms with Gasteiger partial charge in [-0.1, -0.05) is 175 Å². The van der Waals surface area contributed by atoms with Crippen molar-refractivity contribution in [2.24, 2.45) is 23.7 Å². The van der Waals surface area contributed by atoms with Crippen LogP contribution < -0.4 is 18.9 Å². The summed E-state index contributed by atoms with van der Waals surface area (Å²) in [6.07, 6.45) is 0. The molecule has 0 aromatic heterocycles. The number of aromatic hydroxyl groups is 4. The van der Waals surface area contributed by atoms with E-state index in [1.165, 1.54) is 0 Å². The normalized spacial score (nSPS) is 18.8. The number of phenolic OH excluding ortho intramolecular Hbond substituents is 4. The van der Waals surface area contributed by atoms with Gasteiger partial charge in [-0.15, -0.1) is 0 Å². The number of esters is 4. The van der Waals surface area contributed by atoms with Gasteiger partial charge in [-0.25, -0.2) is 0 Å². The molecule has 4 aliphatic heterocycles. The zero-order valence-electron chi connectivity index (χ0n) is 67.4. The zero-order chi connectivity index (χ0) is 80.0. The Labute approximate surface area is 658 Å². The smallest absolute Gasteiger partial charge is 0.323 e. The second kappa shape index (κ2) is 33.3. The summed E-state index contributed by atoms with van der Waals surface area (Å²) in [7, 11) is 0. The van der Waals surface area contributed by atoms with Crippen LogP contribution in [0, 0.1) is 51.4 Å². The molecule has 0 radical (unpaired) electrons. The lowest BCUT2D eigenvalue weighted by atomic mass is 9.73. The first-order valence-electron chi connectivity index (χ1n) is 39.6. The Balaban J connectivity index is 1.26. The van der Waals surface area contributed by atoms with Gasteiger partial charge in [-0.3, -0.25) is 38.8 Å². The Morgan fingerprint density at radius 1 is 0.321 bits per heavy atom. The fraction of sp³-hybridized carbons (Fsp3) is 0.435. The highest BCUT2D eigenvalue weighted by molar-refractivity contribution is 5.80. The number of hydrogen-bond acceptors (Lipinski definition) is 20. The minimum absolute atomic E-state index is 0.0203. The van der Waals surface area contributed by atoms with Gasteiger partial charge in [0.15, 0.2) is 0 Å². The van der Waals surface area contributed by atoms with Crippen molar-refractivity contribution in [3.63, 3.8) is 0 Å². The highest BCUT2D eigenvalue weighted by atomic mass is 16.6. The van der Waals surface area contributed by atoms with Crippen molar-refractivity contribution in [3.8, 4) is 46.0 Å². The summed E-state index contributed by atoms with van der Waals surface area (Å²) in [6, 6.07) is 36.8. The average molecular weight is 1530 g/mol. The minimum Gasteiger partial charge on any atom is -0.507 e. The summed E-state index contributed by atoms with van der Waals surface area (Å²) in [5.41, 5.74) is 11.6. The number of phenols is 4. The van der Waals surface area contributed by atoms with Gasteiger partial charge in [0.1, 0.15) is 97.1 Å². The molecule has 4 heterocycles. The van der Waals surface area contributed by atoms with Crippen molar-refractivity contribution in [1.29, 1.82) is 0 Å². The third kappa shape index (κ3) is 15.2. The Morgan fingerprint density at radius 3 is 0.661 bits per heavy atom. The molecule has 5 aliphatic rings. The number of rotatable bonds is 20. The first-order valence-corrected chi connectivity index (χ1v) is 39.6. The topological polar surface area (TPSA) is 236 Å². The van der Waals surface area contributed by atoms with E-state index in [1.807, 2.05) is 224 Å². The third-order valence-electron chi connectivity index (χ3n) is 22.9. The van der Waals surface area contributed by atoms with E-state index in [4.69, 9.17) is 37.9 Å². The summed E-state index contributed by atoms with van der Waals surface area (Å²) in [6.45, 7) is 30.6. The molecular weight excluding hydrogens is 1420 g/mol. The highest BCUT2D eigenvalue weighted by Crippen LogP contribution is 2.60. The molecule has 0 amide bonds. The maximum atomic E-state index is 14.4. The lowest BCUT2D eigenvalue weighted by Crippen LogP contribution is -2.48. The number of nitrogens with zero attached hydrogens (tertiary/aromatic N) is 4. The van der Waals surface area contributed by atoms with E-state index < -0.39 is 71.7 Å². The summed E-state index contributed by atoms with van der Waals surface area (Å²) in [5.74, 6) is -6.47. The molecule has 1 aliphatic carbocycles. The standard InChI is InChI=1S/C92H108N4O16/c1-17-105-89(101)77(49(5)6)93-41-69-81(97)61-37-65(85(69)109-45-93)74(58-31-23-54(14)24-32-58)62-38-67(87-70(82(62)98)42-94(47-111-87)78(50(7)8)90(102)106-18-2)76(60-35-27-56(16)28-36-60)64-40-68(88-72(84(64)100)44-96(48-112-88)80(52(11)12)92(104)108-20-4)75(59-33-25-55(15)26-34-59)63-39-66(73(61)57-29-21-53(13)22-30-57)86-71(83(63)99)43-95(46-110-86)79(51(9)10)91(103)107-19-3/h21-40,49-52,73-80,97-100H,17-20,41-48H2,1-16H3. The van der Waals surface area contributed by atoms with Crippen molar-refractivity contribution in [1.82, 2.24) is 19.6 Å². The molecule has 112 heavy (non-hydrogen) atoms. The van der Waals surface area contributed by atoms with Crippen LogP contribution in [-0.4, -0.2) is 141 Å². The molecule has 0 saturated carbocycles. The van der Waals surface area contributed by atoms with E-state index in [1.54, 1.807) is 27.7 Å². The summed E-state index contributed by atoms with van der Waals surface area (Å²) < 4.78 is 52.4. The van der Waals surface area contributed by atoms with Crippen LogP contribution in [0.2, 0.25) is 0 Å². The molecule has 0 fully saturated rings. The van der Waals surface area contributed by atoms with Gasteiger partial charge in [0.2, 0.25) is 0 Å². The number of hydrogen-bond donors (Lipinski definition) is 4. The summed E-state index contributed by atoms with van der Waals surface area (Å²) >= 11 is 0. The molecule has 20 heteroatoms. The molecule has 592 valence electrons. The molecule has 8 unspecified atom stereocenters. The number of fused-ring (bicyclic) bond motifs is 16. The van der Waals surface area contributed by atoms with Gasteiger partial charge < -0.3 is 58.3 Å². The van der Waals surface area contributed by atoms with Crippen molar-refractivity contribution in [2.45, 2.75) is 185 Å². The van der Waals surface area contributed by atoms with Crippen molar-refractivity contribution in [2.75, 3.05) is 53.4 Å². The van der Waals surface area contributed by atoms with Gasteiger partial charge >= 0.3 is 23.9 Å². The van der Waals surface area contributed by atoms with Crippen LogP contribution in [0.4, 0.5) is 0 Å². The van der Waals surface area contributed by atoms with Crippen molar-refractivity contribution < 1.29 is 77.5 Å². The van der Waals surface area contributed by atoms with E-state index in [-0.39, 0.29) is 126 Å². The number of ether oxygens (including phenoxy) is 8. The molecule has 8 aromatic carbocycles. The number of aryl methyl sites for hydroxylation is 4. The molecule has 20 nitrogen and oxygen atoms in total. The van der Waals surface area contributed by atoms with Crippen LogP contribution >= 0.6 is 0 Å². The Bertz CT molecular complexity index is 4220. The van der Waals surface area contributed by atoms with Gasteiger partial charge in [0.05, 0.1) is 48.7 Å². The van der Waals surface area contributed by atoms with Gasteiger partial charge in [-0.2, -0.15) is 0 Å². The lowest BCUT2D eigenvalue weighted by molar-refractivity contribution is -0.154. The third-order valence-corrected chi connectivity index (χ3v) is 22.9. The molecule has 0 saturated heterocycles. The first kappa shape index (κ1) is 79.9. The van der Waals surface area contributed by atoms with E-state index >= 15 is 0 Å². The van der Waals surface area contributed by atoms with E-state index in [0.717, 1.165) is 22.3 Å². The predicted molar refractivity (Wildman–Crippen MR) is 426 cm³/mol.